The number of nitrogens with zero attached hydrogens (tertiary/aromatic N) is 2. The SMILES string of the molecule is Cc1cnc(CNc2c(Cl)cccc2[N+](=O)[O-])s1. The topological polar surface area (TPSA) is 68.1 Å². The Morgan fingerprint density at radius 3 is 2.94 bits per heavy atom. The van der Waals surface area contributed by atoms with Crippen molar-refractivity contribution in [2.75, 3.05) is 5.32 Å². The van der Waals surface area contributed by atoms with Gasteiger partial charge in [-0.2, -0.15) is 0 Å². The number of nitro groups is 1. The van der Waals surface area contributed by atoms with Crippen molar-refractivity contribution in [1.29, 1.82) is 0 Å². The third kappa shape index (κ3) is 2.77. The van der Waals surface area contributed by atoms with Crippen LogP contribution in [0, 0.1) is 17.0 Å². The van der Waals surface area contributed by atoms with Gasteiger partial charge in [-0.25, -0.2) is 4.98 Å². The molecule has 7 heteroatoms. The number of halogens is 1. The van der Waals surface area contributed by atoms with Crippen molar-refractivity contribution < 1.29 is 4.92 Å². The van der Waals surface area contributed by atoms with Gasteiger partial charge in [-0.1, -0.05) is 17.7 Å². The first-order chi connectivity index (χ1) is 8.58. The van der Waals surface area contributed by atoms with Crippen LogP contribution in [0.5, 0.6) is 0 Å². The van der Waals surface area contributed by atoms with E-state index in [-0.39, 0.29) is 5.69 Å². The zero-order valence-electron chi connectivity index (χ0n) is 9.51. The molecule has 5 nitrogen and oxygen atoms in total. The molecule has 94 valence electrons. The normalized spacial score (nSPS) is 10.3. The summed E-state index contributed by atoms with van der Waals surface area (Å²) >= 11 is 7.50. The van der Waals surface area contributed by atoms with Gasteiger partial charge in [0.1, 0.15) is 10.7 Å². The van der Waals surface area contributed by atoms with E-state index in [1.165, 1.54) is 6.07 Å². The molecule has 0 radical (unpaired) electrons. The van der Waals surface area contributed by atoms with Gasteiger partial charge in [0.2, 0.25) is 0 Å². The van der Waals surface area contributed by atoms with Crippen molar-refractivity contribution in [2.45, 2.75) is 13.5 Å². The largest absolute Gasteiger partial charge is 0.372 e. The summed E-state index contributed by atoms with van der Waals surface area (Å²) in [7, 11) is 0. The molecule has 2 rings (SSSR count). The Balaban J connectivity index is 2.20. The van der Waals surface area contributed by atoms with Gasteiger partial charge in [-0.05, 0) is 13.0 Å². The molecule has 1 aromatic heterocycles. The van der Waals surface area contributed by atoms with Crippen LogP contribution in [0.4, 0.5) is 11.4 Å². The molecule has 0 aliphatic carbocycles. The van der Waals surface area contributed by atoms with Crippen molar-refractivity contribution in [3.8, 4) is 0 Å². The molecule has 18 heavy (non-hydrogen) atoms. The number of para-hydroxylation sites is 1. The number of aryl methyl sites for hydroxylation is 1. The van der Waals surface area contributed by atoms with Crippen molar-refractivity contribution in [3.05, 3.63) is 49.4 Å². The van der Waals surface area contributed by atoms with Crippen LogP contribution in [0.2, 0.25) is 5.02 Å². The Hall–Kier alpha value is -1.66. The van der Waals surface area contributed by atoms with E-state index in [1.807, 2.05) is 6.92 Å². The lowest BCUT2D eigenvalue weighted by Crippen LogP contribution is -2.02. The molecule has 0 aliphatic rings. The van der Waals surface area contributed by atoms with Crippen molar-refractivity contribution in [2.24, 2.45) is 0 Å². The first kappa shape index (κ1) is 12.8. The predicted octanol–water partition coefficient (Wildman–Crippen LogP) is 3.63. The Kier molecular flexibility index (Phi) is 3.78. The second kappa shape index (κ2) is 5.32. The summed E-state index contributed by atoms with van der Waals surface area (Å²) in [4.78, 5) is 15.7. The second-order valence-electron chi connectivity index (χ2n) is 3.61. The van der Waals surface area contributed by atoms with Gasteiger partial charge in [-0.15, -0.1) is 11.3 Å². The summed E-state index contributed by atoms with van der Waals surface area (Å²) in [5.41, 5.74) is 0.299. The van der Waals surface area contributed by atoms with Crippen LogP contribution < -0.4 is 5.32 Å². The zero-order valence-corrected chi connectivity index (χ0v) is 11.1. The average molecular weight is 284 g/mol. The number of nitro benzene ring substituents is 1. The smallest absolute Gasteiger partial charge is 0.293 e. The highest BCUT2D eigenvalue weighted by Gasteiger charge is 2.16. The van der Waals surface area contributed by atoms with Gasteiger partial charge in [0.25, 0.3) is 5.69 Å². The van der Waals surface area contributed by atoms with E-state index in [4.69, 9.17) is 11.6 Å². The Morgan fingerprint density at radius 2 is 2.33 bits per heavy atom. The lowest BCUT2D eigenvalue weighted by molar-refractivity contribution is -0.383. The summed E-state index contributed by atoms with van der Waals surface area (Å²) in [5, 5.41) is 15.0. The van der Waals surface area contributed by atoms with Gasteiger partial charge in [-0.3, -0.25) is 10.1 Å². The molecule has 0 atom stereocenters. The molecule has 0 bridgehead atoms. The quantitative estimate of drug-likeness (QED) is 0.687. The Labute approximate surface area is 113 Å². The fourth-order valence-corrected chi connectivity index (χ4v) is 2.45. The molecule has 1 N–H and O–H groups in total. The van der Waals surface area contributed by atoms with Crippen molar-refractivity contribution >= 4 is 34.3 Å². The Bertz CT molecular complexity index is 585. The van der Waals surface area contributed by atoms with Crippen molar-refractivity contribution in [3.63, 3.8) is 0 Å². The van der Waals surface area contributed by atoms with Crippen LogP contribution in [0.25, 0.3) is 0 Å². The second-order valence-corrected chi connectivity index (χ2v) is 5.34. The molecule has 0 unspecified atom stereocenters. The van der Waals surface area contributed by atoms with E-state index >= 15 is 0 Å². The Morgan fingerprint density at radius 1 is 1.56 bits per heavy atom. The number of hydrogen-bond acceptors (Lipinski definition) is 5. The summed E-state index contributed by atoms with van der Waals surface area (Å²) in [6.45, 7) is 2.38. The third-order valence-corrected chi connectivity index (χ3v) is 3.50. The molecule has 0 aliphatic heterocycles. The highest BCUT2D eigenvalue weighted by molar-refractivity contribution is 7.11. The van der Waals surface area contributed by atoms with Gasteiger partial charge in [0.05, 0.1) is 16.5 Å². The number of nitrogens with one attached hydrogen (secondary N) is 1. The number of rotatable bonds is 4. The van der Waals surface area contributed by atoms with Gasteiger partial charge in [0, 0.05) is 17.1 Å². The van der Waals surface area contributed by atoms with E-state index in [0.29, 0.717) is 17.3 Å². The highest BCUT2D eigenvalue weighted by atomic mass is 35.5. The maximum atomic E-state index is 10.9. The van der Waals surface area contributed by atoms with E-state index in [9.17, 15) is 10.1 Å². The lowest BCUT2D eigenvalue weighted by Gasteiger charge is -2.07. The minimum atomic E-state index is -0.457. The highest BCUT2D eigenvalue weighted by Crippen LogP contribution is 2.32. The number of anilines is 1. The van der Waals surface area contributed by atoms with Crippen molar-refractivity contribution in [1.82, 2.24) is 4.98 Å². The van der Waals surface area contributed by atoms with Crippen LogP contribution in [0.15, 0.2) is 24.4 Å². The van der Waals surface area contributed by atoms with Crippen LogP contribution >= 0.6 is 22.9 Å². The molecule has 0 saturated carbocycles. The van der Waals surface area contributed by atoms with E-state index in [1.54, 1.807) is 29.7 Å². The molecule has 2 aromatic rings. The molecule has 1 heterocycles. The first-order valence-electron chi connectivity index (χ1n) is 5.16. The fourth-order valence-electron chi connectivity index (χ4n) is 1.49. The standard InChI is InChI=1S/C11H10ClN3O2S/c1-7-5-13-10(18-7)6-14-11-8(12)3-2-4-9(11)15(16)17/h2-5,14H,6H2,1H3. The lowest BCUT2D eigenvalue weighted by atomic mass is 10.2. The summed E-state index contributed by atoms with van der Waals surface area (Å²) in [6, 6.07) is 4.59. The van der Waals surface area contributed by atoms with Gasteiger partial charge in [0.15, 0.2) is 0 Å². The van der Waals surface area contributed by atoms with Gasteiger partial charge >= 0.3 is 0 Å². The molecular formula is C11H10ClN3O2S. The molecule has 0 amide bonds. The van der Waals surface area contributed by atoms with Crippen LogP contribution in [0.3, 0.4) is 0 Å². The van der Waals surface area contributed by atoms with Crippen LogP contribution in [-0.4, -0.2) is 9.91 Å². The molecule has 0 spiro atoms. The first-order valence-corrected chi connectivity index (χ1v) is 6.35. The number of thiazole rings is 1. The van der Waals surface area contributed by atoms with E-state index in [2.05, 4.69) is 10.3 Å². The molecule has 0 saturated heterocycles. The maximum absolute atomic E-state index is 10.9. The number of hydrogen-bond donors (Lipinski definition) is 1. The predicted molar refractivity (Wildman–Crippen MR) is 72.3 cm³/mol. The minimum Gasteiger partial charge on any atom is -0.372 e. The number of aromatic nitrogens is 1. The number of benzene rings is 1. The van der Waals surface area contributed by atoms with Crippen LogP contribution in [0.1, 0.15) is 9.88 Å². The van der Waals surface area contributed by atoms with E-state index in [0.717, 1.165) is 9.88 Å². The molecule has 0 fully saturated rings. The average Bonchev–Trinajstić information content (AvgIpc) is 2.73. The van der Waals surface area contributed by atoms with Crippen LogP contribution in [-0.2, 0) is 6.54 Å². The maximum Gasteiger partial charge on any atom is 0.293 e. The summed E-state index contributed by atoms with van der Waals surface area (Å²) in [5.74, 6) is 0. The molecular weight excluding hydrogens is 274 g/mol. The molecule has 1 aromatic carbocycles. The van der Waals surface area contributed by atoms with E-state index < -0.39 is 4.92 Å². The summed E-state index contributed by atoms with van der Waals surface area (Å²) < 4.78 is 0. The summed E-state index contributed by atoms with van der Waals surface area (Å²) in [6.07, 6.45) is 1.77. The minimum absolute atomic E-state index is 0.0317. The zero-order chi connectivity index (χ0) is 13.1. The van der Waals surface area contributed by atoms with Gasteiger partial charge < -0.3 is 5.32 Å². The fraction of sp³-hybridized carbons (Fsp3) is 0.182. The monoisotopic (exact) mass is 283 g/mol. The third-order valence-electron chi connectivity index (χ3n) is 2.27.